The van der Waals surface area contributed by atoms with E-state index in [1.165, 1.54) is 0 Å². The van der Waals surface area contributed by atoms with Gasteiger partial charge in [0.1, 0.15) is 0 Å². The van der Waals surface area contributed by atoms with Gasteiger partial charge in [0.15, 0.2) is 0 Å². The molecule has 1 unspecified atom stereocenters. The Labute approximate surface area is 86.2 Å². The van der Waals surface area contributed by atoms with Crippen molar-refractivity contribution < 1.29 is 4.79 Å². The molecule has 1 N–H and O–H groups in total. The van der Waals surface area contributed by atoms with E-state index in [2.05, 4.69) is 5.32 Å². The Balaban J connectivity index is 2.53. The van der Waals surface area contributed by atoms with Gasteiger partial charge in [0.05, 0.1) is 0 Å². The van der Waals surface area contributed by atoms with Crippen molar-refractivity contribution in [3.05, 3.63) is 0 Å². The lowest BCUT2D eigenvalue weighted by atomic mass is 10.2. The normalized spacial score (nSPS) is 21.4. The Morgan fingerprint density at radius 3 is 2.93 bits per heavy atom. The molecule has 4 nitrogen and oxygen atoms in total. The van der Waals surface area contributed by atoms with Gasteiger partial charge in [0.25, 0.3) is 0 Å². The van der Waals surface area contributed by atoms with Crippen LogP contribution < -0.4 is 5.32 Å². The molecule has 1 atom stereocenters. The van der Waals surface area contributed by atoms with Crippen LogP contribution in [0.25, 0.3) is 0 Å². The molecule has 0 bridgehead atoms. The highest BCUT2D eigenvalue weighted by Gasteiger charge is 2.29. The van der Waals surface area contributed by atoms with Crippen LogP contribution in [0, 0.1) is 0 Å². The summed E-state index contributed by atoms with van der Waals surface area (Å²) in [6.45, 7) is 4.60. The quantitative estimate of drug-likeness (QED) is 0.727. The third-order valence-electron chi connectivity index (χ3n) is 2.86. The maximum Gasteiger partial charge on any atom is 0.320 e. The molecule has 1 rings (SSSR count). The van der Waals surface area contributed by atoms with Crippen molar-refractivity contribution in [1.82, 2.24) is 15.1 Å². The second-order valence-electron chi connectivity index (χ2n) is 3.84. The average Bonchev–Trinajstić information content (AvgIpc) is 2.64. The van der Waals surface area contributed by atoms with Crippen LogP contribution >= 0.6 is 0 Å². The van der Waals surface area contributed by atoms with Gasteiger partial charge < -0.3 is 15.1 Å². The number of amides is 2. The Morgan fingerprint density at radius 1 is 1.64 bits per heavy atom. The Hall–Kier alpha value is -0.770. The molecule has 0 saturated carbocycles. The van der Waals surface area contributed by atoms with Crippen LogP contribution in [-0.4, -0.2) is 55.6 Å². The lowest BCUT2D eigenvalue weighted by molar-refractivity contribution is 0.159. The van der Waals surface area contributed by atoms with E-state index in [4.69, 9.17) is 0 Å². The molecule has 1 saturated heterocycles. The molecule has 1 heterocycles. The first-order valence-corrected chi connectivity index (χ1v) is 5.37. The van der Waals surface area contributed by atoms with Crippen LogP contribution in [0.1, 0.15) is 19.8 Å². The molecule has 1 fully saturated rings. The van der Waals surface area contributed by atoms with Crippen molar-refractivity contribution in [2.24, 2.45) is 0 Å². The molecule has 1 aliphatic rings. The van der Waals surface area contributed by atoms with Crippen molar-refractivity contribution in [1.29, 1.82) is 0 Å². The van der Waals surface area contributed by atoms with E-state index in [1.54, 1.807) is 4.90 Å². The first-order chi connectivity index (χ1) is 6.70. The Bertz CT molecular complexity index is 196. The van der Waals surface area contributed by atoms with Gasteiger partial charge in [0, 0.05) is 32.7 Å². The van der Waals surface area contributed by atoms with Crippen LogP contribution in [0.4, 0.5) is 4.79 Å². The number of carbonyl (C=O) groups is 1. The summed E-state index contributed by atoms with van der Waals surface area (Å²) >= 11 is 0. The van der Waals surface area contributed by atoms with Crippen LogP contribution in [0.2, 0.25) is 0 Å². The summed E-state index contributed by atoms with van der Waals surface area (Å²) in [4.78, 5) is 15.6. The third kappa shape index (κ3) is 2.38. The third-order valence-corrected chi connectivity index (χ3v) is 2.86. The maximum absolute atomic E-state index is 11.9. The molecule has 4 heteroatoms. The summed E-state index contributed by atoms with van der Waals surface area (Å²) in [7, 11) is 3.79. The van der Waals surface area contributed by atoms with Crippen LogP contribution in [0.5, 0.6) is 0 Å². The van der Waals surface area contributed by atoms with E-state index in [-0.39, 0.29) is 6.03 Å². The fraction of sp³-hybridized carbons (Fsp3) is 0.900. The second-order valence-corrected chi connectivity index (χ2v) is 3.84. The zero-order valence-corrected chi connectivity index (χ0v) is 9.42. The predicted molar refractivity (Wildman–Crippen MR) is 57.4 cm³/mol. The fourth-order valence-corrected chi connectivity index (χ4v) is 1.89. The molecule has 14 heavy (non-hydrogen) atoms. The summed E-state index contributed by atoms with van der Waals surface area (Å²) in [6.07, 6.45) is 2.26. The van der Waals surface area contributed by atoms with Gasteiger partial charge in [-0.2, -0.15) is 0 Å². The number of hydrogen-bond donors (Lipinski definition) is 1. The highest BCUT2D eigenvalue weighted by atomic mass is 16.2. The first-order valence-electron chi connectivity index (χ1n) is 5.37. The molecular formula is C10H21N3O. The summed E-state index contributed by atoms with van der Waals surface area (Å²) < 4.78 is 0. The molecule has 0 spiro atoms. The van der Waals surface area contributed by atoms with Crippen molar-refractivity contribution in [2.75, 3.05) is 33.7 Å². The van der Waals surface area contributed by atoms with Gasteiger partial charge in [-0.3, -0.25) is 0 Å². The van der Waals surface area contributed by atoms with E-state index < -0.39 is 0 Å². The van der Waals surface area contributed by atoms with Crippen molar-refractivity contribution in [2.45, 2.75) is 25.8 Å². The number of nitrogens with one attached hydrogen (secondary N) is 1. The van der Waals surface area contributed by atoms with Crippen molar-refractivity contribution in [3.8, 4) is 0 Å². The second kappa shape index (κ2) is 5.20. The minimum atomic E-state index is 0.172. The minimum absolute atomic E-state index is 0.172. The van der Waals surface area contributed by atoms with Gasteiger partial charge in [-0.25, -0.2) is 4.79 Å². The molecule has 0 aromatic heterocycles. The van der Waals surface area contributed by atoms with Crippen LogP contribution in [0.15, 0.2) is 0 Å². The largest absolute Gasteiger partial charge is 0.328 e. The molecule has 0 aromatic rings. The number of rotatable bonds is 3. The van der Waals surface area contributed by atoms with Crippen molar-refractivity contribution >= 4 is 6.03 Å². The standard InChI is InChI=1S/C10H21N3O/c1-4-12(3)10(14)13-7-5-6-9(13)8-11-2/h9,11H,4-8H2,1-3H3. The number of carbonyl (C=O) groups excluding carboxylic acids is 1. The number of nitrogens with zero attached hydrogens (tertiary/aromatic N) is 2. The summed E-state index contributed by atoms with van der Waals surface area (Å²) in [5.41, 5.74) is 0. The van der Waals surface area contributed by atoms with Crippen molar-refractivity contribution in [3.63, 3.8) is 0 Å². The highest BCUT2D eigenvalue weighted by molar-refractivity contribution is 5.74. The molecule has 0 radical (unpaired) electrons. The monoisotopic (exact) mass is 199 g/mol. The lowest BCUT2D eigenvalue weighted by Crippen LogP contribution is -2.46. The zero-order chi connectivity index (χ0) is 10.6. The van der Waals surface area contributed by atoms with Crippen LogP contribution in [-0.2, 0) is 0 Å². The zero-order valence-electron chi connectivity index (χ0n) is 9.42. The summed E-state index contributed by atoms with van der Waals surface area (Å²) in [5.74, 6) is 0. The van der Waals surface area contributed by atoms with Gasteiger partial charge in [-0.1, -0.05) is 0 Å². The number of likely N-dealkylation sites (tertiary alicyclic amines) is 1. The number of hydrogen-bond acceptors (Lipinski definition) is 2. The smallest absolute Gasteiger partial charge is 0.320 e. The Kier molecular flexibility index (Phi) is 4.20. The van der Waals surface area contributed by atoms with E-state index >= 15 is 0 Å². The maximum atomic E-state index is 11.9. The van der Waals surface area contributed by atoms with Gasteiger partial charge in [0.2, 0.25) is 0 Å². The molecule has 0 aromatic carbocycles. The highest BCUT2D eigenvalue weighted by Crippen LogP contribution is 2.17. The predicted octanol–water partition coefficient (Wildman–Crippen LogP) is 0.742. The molecule has 1 aliphatic heterocycles. The van der Waals surface area contributed by atoms with E-state index in [1.807, 2.05) is 25.9 Å². The summed E-state index contributed by atoms with van der Waals surface area (Å²) in [5, 5.41) is 3.14. The first kappa shape index (κ1) is 11.3. The fourth-order valence-electron chi connectivity index (χ4n) is 1.89. The average molecular weight is 199 g/mol. The molecule has 0 aliphatic carbocycles. The number of urea groups is 1. The molecule has 2 amide bonds. The van der Waals surface area contributed by atoms with Gasteiger partial charge in [-0.05, 0) is 26.8 Å². The van der Waals surface area contributed by atoms with Gasteiger partial charge >= 0.3 is 6.03 Å². The number of likely N-dealkylation sites (N-methyl/N-ethyl adjacent to an activating group) is 1. The van der Waals surface area contributed by atoms with Gasteiger partial charge in [-0.15, -0.1) is 0 Å². The summed E-state index contributed by atoms with van der Waals surface area (Å²) in [6, 6.07) is 0.562. The van der Waals surface area contributed by atoms with Crippen LogP contribution in [0.3, 0.4) is 0 Å². The molecule has 82 valence electrons. The minimum Gasteiger partial charge on any atom is -0.328 e. The van der Waals surface area contributed by atoms with E-state index in [0.29, 0.717) is 6.04 Å². The Morgan fingerprint density at radius 2 is 2.36 bits per heavy atom. The topological polar surface area (TPSA) is 35.6 Å². The SMILES string of the molecule is CCN(C)C(=O)N1CCCC1CNC. The van der Waals surface area contributed by atoms with E-state index in [0.717, 1.165) is 32.5 Å². The van der Waals surface area contributed by atoms with E-state index in [9.17, 15) is 4.79 Å². The molecular weight excluding hydrogens is 178 g/mol. The lowest BCUT2D eigenvalue weighted by Gasteiger charge is -2.28.